The Hall–Kier alpha value is -2.59. The first-order valence-electron chi connectivity index (χ1n) is 13.1. The zero-order valence-corrected chi connectivity index (χ0v) is 20.6. The number of hydroxylamine groups is 1. The molecule has 184 valence electrons. The van der Waals surface area contributed by atoms with E-state index in [1.807, 2.05) is 6.07 Å². The zero-order valence-electron chi connectivity index (χ0n) is 20.6. The molecule has 0 radical (unpaired) electrons. The first-order chi connectivity index (χ1) is 16.7. The van der Waals surface area contributed by atoms with Gasteiger partial charge in [0.05, 0.1) is 17.8 Å². The Bertz CT molecular complexity index is 852. The summed E-state index contributed by atoms with van der Waals surface area (Å²) in [5, 5.41) is 11.0. The minimum Gasteiger partial charge on any atom is -0.481 e. The molecule has 0 bridgehead atoms. The Morgan fingerprint density at radius 1 is 0.912 bits per heavy atom. The molecule has 0 aromatic heterocycles. The SMILES string of the molecule is CCCCCC/C=C/[C@H]1[C@@H](c2ccccc2)N(c2ccccc2)O[C@@H]1CCCCCCC(=O)O. The molecule has 0 aliphatic carbocycles. The molecule has 3 atom stereocenters. The Morgan fingerprint density at radius 3 is 2.29 bits per heavy atom. The van der Waals surface area contributed by atoms with Crippen LogP contribution in [0, 0.1) is 5.92 Å². The standard InChI is InChI=1S/C30H41NO3/c1-2-3-4-5-6-15-22-27-28(23-16-7-8-17-24-29(32)33)34-31(26-20-13-10-14-21-26)30(27)25-18-11-9-12-19-25/h9-15,18-22,27-28,30H,2-8,16-17,23-24H2,1H3,(H,32,33)/b22-15+/t27-,28-,30-/m1/s1. The number of hydrogen-bond acceptors (Lipinski definition) is 3. The van der Waals surface area contributed by atoms with E-state index in [0.717, 1.165) is 44.2 Å². The van der Waals surface area contributed by atoms with E-state index in [1.165, 1.54) is 31.2 Å². The molecular formula is C30H41NO3. The Morgan fingerprint density at radius 2 is 1.59 bits per heavy atom. The van der Waals surface area contributed by atoms with Crippen molar-refractivity contribution in [1.29, 1.82) is 0 Å². The van der Waals surface area contributed by atoms with Crippen molar-refractivity contribution < 1.29 is 14.7 Å². The van der Waals surface area contributed by atoms with Gasteiger partial charge >= 0.3 is 5.97 Å². The van der Waals surface area contributed by atoms with Crippen LogP contribution in [-0.2, 0) is 9.63 Å². The van der Waals surface area contributed by atoms with Gasteiger partial charge in [-0.15, -0.1) is 0 Å². The molecule has 1 saturated heterocycles. The highest BCUT2D eigenvalue weighted by Crippen LogP contribution is 2.44. The van der Waals surface area contributed by atoms with E-state index in [1.54, 1.807) is 0 Å². The second-order valence-corrected chi connectivity index (χ2v) is 9.36. The van der Waals surface area contributed by atoms with Gasteiger partial charge < -0.3 is 5.11 Å². The number of carbonyl (C=O) groups is 1. The van der Waals surface area contributed by atoms with Crippen molar-refractivity contribution in [2.75, 3.05) is 5.06 Å². The van der Waals surface area contributed by atoms with E-state index in [-0.39, 0.29) is 24.5 Å². The molecule has 0 spiro atoms. The highest BCUT2D eigenvalue weighted by atomic mass is 16.7. The summed E-state index contributed by atoms with van der Waals surface area (Å²) in [6.45, 7) is 2.25. The van der Waals surface area contributed by atoms with Crippen molar-refractivity contribution in [3.05, 3.63) is 78.4 Å². The van der Waals surface area contributed by atoms with Gasteiger partial charge in [-0.3, -0.25) is 9.63 Å². The number of allylic oxidation sites excluding steroid dienone is 1. The number of carboxylic acids is 1. The van der Waals surface area contributed by atoms with Crippen LogP contribution < -0.4 is 5.06 Å². The lowest BCUT2D eigenvalue weighted by molar-refractivity contribution is -0.137. The average Bonchev–Trinajstić information content (AvgIpc) is 3.22. The van der Waals surface area contributed by atoms with E-state index >= 15 is 0 Å². The number of anilines is 1. The number of hydrogen-bond donors (Lipinski definition) is 1. The number of aliphatic carboxylic acids is 1. The van der Waals surface area contributed by atoms with Crippen molar-refractivity contribution in [3.8, 4) is 0 Å². The smallest absolute Gasteiger partial charge is 0.303 e. The third-order valence-electron chi connectivity index (χ3n) is 6.66. The summed E-state index contributed by atoms with van der Waals surface area (Å²) in [5.74, 6) is -0.430. The minimum absolute atomic E-state index is 0.108. The van der Waals surface area contributed by atoms with Crippen molar-refractivity contribution in [3.63, 3.8) is 0 Å². The normalized spacial score (nSPS) is 20.3. The number of rotatable bonds is 15. The number of para-hydroxylation sites is 1. The van der Waals surface area contributed by atoms with Gasteiger partial charge in [-0.25, -0.2) is 5.06 Å². The van der Waals surface area contributed by atoms with E-state index in [4.69, 9.17) is 9.94 Å². The molecule has 0 amide bonds. The summed E-state index contributed by atoms with van der Waals surface area (Å²) < 4.78 is 0. The Balaban J connectivity index is 1.74. The molecule has 1 aliphatic rings. The maximum absolute atomic E-state index is 10.8. The van der Waals surface area contributed by atoms with E-state index in [0.29, 0.717) is 0 Å². The average molecular weight is 464 g/mol. The lowest BCUT2D eigenvalue weighted by Gasteiger charge is -2.26. The number of carboxylic acid groups (broad SMARTS) is 1. The molecule has 1 N–H and O–H groups in total. The van der Waals surface area contributed by atoms with Crippen LogP contribution in [0.25, 0.3) is 0 Å². The number of benzene rings is 2. The summed E-state index contributed by atoms with van der Waals surface area (Å²) in [7, 11) is 0. The highest BCUT2D eigenvalue weighted by molar-refractivity contribution is 5.66. The molecule has 1 heterocycles. The van der Waals surface area contributed by atoms with Crippen molar-refractivity contribution in [2.45, 2.75) is 89.7 Å². The van der Waals surface area contributed by atoms with Crippen LogP contribution >= 0.6 is 0 Å². The summed E-state index contributed by atoms with van der Waals surface area (Å²) in [5.41, 5.74) is 2.36. The molecule has 1 fully saturated rings. The van der Waals surface area contributed by atoms with Crippen LogP contribution in [0.5, 0.6) is 0 Å². The van der Waals surface area contributed by atoms with Gasteiger partial charge in [0, 0.05) is 12.3 Å². The van der Waals surface area contributed by atoms with Gasteiger partial charge in [0.25, 0.3) is 0 Å². The fraction of sp³-hybridized carbons (Fsp3) is 0.500. The van der Waals surface area contributed by atoms with Crippen LogP contribution in [0.15, 0.2) is 72.8 Å². The third-order valence-corrected chi connectivity index (χ3v) is 6.66. The van der Waals surface area contributed by atoms with Crippen molar-refractivity contribution in [1.82, 2.24) is 0 Å². The van der Waals surface area contributed by atoms with Crippen molar-refractivity contribution in [2.24, 2.45) is 5.92 Å². The molecule has 0 unspecified atom stereocenters. The number of nitrogens with zero attached hydrogens (tertiary/aromatic N) is 1. The molecule has 4 heteroatoms. The summed E-state index contributed by atoms with van der Waals surface area (Å²) in [6, 6.07) is 21.3. The lowest BCUT2D eigenvalue weighted by Crippen LogP contribution is -2.23. The Labute approximate surface area is 205 Å². The van der Waals surface area contributed by atoms with Gasteiger partial charge in [0.1, 0.15) is 0 Å². The summed E-state index contributed by atoms with van der Waals surface area (Å²) in [6.07, 6.45) is 16.1. The second-order valence-electron chi connectivity index (χ2n) is 9.36. The first kappa shape index (κ1) is 26.0. The third kappa shape index (κ3) is 8.02. The lowest BCUT2D eigenvalue weighted by atomic mass is 9.86. The molecule has 3 rings (SSSR count). The van der Waals surface area contributed by atoms with Gasteiger partial charge in [0.2, 0.25) is 0 Å². The monoisotopic (exact) mass is 463 g/mol. The molecular weight excluding hydrogens is 422 g/mol. The second kappa shape index (κ2) is 14.6. The first-order valence-corrected chi connectivity index (χ1v) is 13.1. The van der Waals surface area contributed by atoms with E-state index < -0.39 is 5.97 Å². The van der Waals surface area contributed by atoms with Crippen LogP contribution in [0.3, 0.4) is 0 Å². The van der Waals surface area contributed by atoms with Crippen LogP contribution in [0.2, 0.25) is 0 Å². The number of unbranched alkanes of at least 4 members (excludes halogenated alkanes) is 7. The van der Waals surface area contributed by atoms with E-state index in [9.17, 15) is 4.79 Å². The van der Waals surface area contributed by atoms with Gasteiger partial charge in [-0.2, -0.15) is 0 Å². The quantitative estimate of drug-likeness (QED) is 0.214. The van der Waals surface area contributed by atoms with Gasteiger partial charge in [0.15, 0.2) is 0 Å². The van der Waals surface area contributed by atoms with Gasteiger partial charge in [-0.1, -0.05) is 106 Å². The minimum atomic E-state index is -0.701. The van der Waals surface area contributed by atoms with Crippen LogP contribution in [-0.4, -0.2) is 17.2 Å². The highest BCUT2D eigenvalue weighted by Gasteiger charge is 2.42. The molecule has 4 nitrogen and oxygen atoms in total. The predicted octanol–water partition coefficient (Wildman–Crippen LogP) is 8.12. The molecule has 34 heavy (non-hydrogen) atoms. The van der Waals surface area contributed by atoms with E-state index in [2.05, 4.69) is 78.7 Å². The zero-order chi connectivity index (χ0) is 24.0. The summed E-state index contributed by atoms with van der Waals surface area (Å²) in [4.78, 5) is 17.4. The molecule has 0 saturated carbocycles. The van der Waals surface area contributed by atoms with Crippen LogP contribution in [0.1, 0.15) is 89.2 Å². The molecule has 2 aromatic rings. The fourth-order valence-electron chi connectivity index (χ4n) is 4.84. The predicted molar refractivity (Wildman–Crippen MR) is 140 cm³/mol. The summed E-state index contributed by atoms with van der Waals surface area (Å²) >= 11 is 0. The maximum atomic E-state index is 10.8. The largest absolute Gasteiger partial charge is 0.481 e. The molecule has 1 aliphatic heterocycles. The van der Waals surface area contributed by atoms with Crippen molar-refractivity contribution >= 4 is 11.7 Å². The Kier molecular flexibility index (Phi) is 11.2. The van der Waals surface area contributed by atoms with Crippen LogP contribution in [0.4, 0.5) is 5.69 Å². The van der Waals surface area contributed by atoms with Gasteiger partial charge in [-0.05, 0) is 43.4 Å². The maximum Gasteiger partial charge on any atom is 0.303 e. The topological polar surface area (TPSA) is 49.8 Å². The molecule has 2 aromatic carbocycles. The fourth-order valence-corrected chi connectivity index (χ4v) is 4.84.